The summed E-state index contributed by atoms with van der Waals surface area (Å²) in [6.07, 6.45) is -27.0. The molecular weight excluding hydrogens is 736 g/mol. The van der Waals surface area contributed by atoms with Crippen LogP contribution in [0.1, 0.15) is 32.8 Å². The molecule has 2 fully saturated rings. The zero-order valence-electron chi connectivity index (χ0n) is 24.9. The van der Waals surface area contributed by atoms with E-state index in [1.165, 1.54) is 0 Å². The van der Waals surface area contributed by atoms with Crippen LogP contribution in [-0.4, -0.2) is 102 Å². The van der Waals surface area contributed by atoms with E-state index >= 15 is 0 Å². The highest BCUT2D eigenvalue weighted by Gasteiger charge is 2.51. The summed E-state index contributed by atoms with van der Waals surface area (Å²) < 4.78 is 220. The molecule has 49 heavy (non-hydrogen) atoms. The molecule has 0 aliphatic carbocycles. The van der Waals surface area contributed by atoms with Crippen molar-refractivity contribution in [2.45, 2.75) is 47.4 Å². The molecule has 2 aromatic carbocycles. The van der Waals surface area contributed by atoms with Crippen LogP contribution in [-0.2, 0) is 36.8 Å². The predicted octanol–water partition coefficient (Wildman–Crippen LogP) is 5.85. The fraction of sp³-hybridized carbons (Fsp3) is 0.571. The fourth-order valence-electron chi connectivity index (χ4n) is 5.58. The molecule has 0 spiro atoms. The van der Waals surface area contributed by atoms with Crippen molar-refractivity contribution in [1.82, 2.24) is 9.80 Å². The number of rotatable bonds is 8. The highest BCUT2D eigenvalue weighted by atomic mass is 32.2. The van der Waals surface area contributed by atoms with E-state index in [4.69, 9.17) is 0 Å². The Morgan fingerprint density at radius 1 is 0.612 bits per heavy atom. The molecule has 7 nitrogen and oxygen atoms in total. The highest BCUT2D eigenvalue weighted by Crippen LogP contribution is 2.38. The number of alkyl halides is 12. The van der Waals surface area contributed by atoms with E-state index in [1.54, 1.807) is 0 Å². The van der Waals surface area contributed by atoms with Crippen molar-refractivity contribution in [2.75, 3.05) is 50.8 Å². The quantitative estimate of drug-likeness (QED) is 0.313. The van der Waals surface area contributed by atoms with Crippen LogP contribution in [0.5, 0.6) is 0 Å². The molecule has 0 saturated carbocycles. The van der Waals surface area contributed by atoms with Crippen LogP contribution in [0.4, 0.5) is 52.7 Å². The van der Waals surface area contributed by atoms with E-state index in [9.17, 15) is 69.5 Å². The van der Waals surface area contributed by atoms with Gasteiger partial charge < -0.3 is 4.74 Å². The largest absolute Gasteiger partial charge is 0.416 e. The zero-order chi connectivity index (χ0) is 36.8. The second kappa shape index (κ2) is 13.8. The molecule has 0 radical (unpaired) electrons. The van der Waals surface area contributed by atoms with Gasteiger partial charge in [-0.1, -0.05) is 36.4 Å². The second-order valence-corrected chi connectivity index (χ2v) is 16.3. The van der Waals surface area contributed by atoms with Crippen LogP contribution in [0.25, 0.3) is 0 Å². The van der Waals surface area contributed by atoms with Crippen molar-refractivity contribution in [1.29, 1.82) is 0 Å². The number of hydrogen-bond acceptors (Lipinski definition) is 7. The molecule has 2 aliphatic rings. The average molecular weight is 765 g/mol. The smallest absolute Gasteiger partial charge is 0.353 e. The fourth-order valence-corrected chi connectivity index (χ4v) is 9.17. The lowest BCUT2D eigenvalue weighted by Crippen LogP contribution is -2.54. The van der Waals surface area contributed by atoms with E-state index in [1.807, 2.05) is 0 Å². The van der Waals surface area contributed by atoms with Gasteiger partial charge in [0, 0.05) is 39.3 Å². The van der Waals surface area contributed by atoms with E-state index in [-0.39, 0.29) is 11.1 Å². The van der Waals surface area contributed by atoms with Gasteiger partial charge in [0.25, 0.3) is 0 Å². The first-order valence-corrected chi connectivity index (χ1v) is 17.7. The third-order valence-corrected chi connectivity index (χ3v) is 12.3. The summed E-state index contributed by atoms with van der Waals surface area (Å²) in [4.78, 5) is 1.63. The van der Waals surface area contributed by atoms with Crippen LogP contribution < -0.4 is 0 Å². The molecule has 2 aliphatic heterocycles. The lowest BCUT2D eigenvalue weighted by atomic mass is 10.1. The molecule has 4 rings (SSSR count). The van der Waals surface area contributed by atoms with Gasteiger partial charge in [0.2, 0.25) is 0 Å². The summed E-state index contributed by atoms with van der Waals surface area (Å²) in [5, 5.41) is -3.47. The molecule has 21 heteroatoms. The van der Waals surface area contributed by atoms with Crippen LogP contribution in [0.3, 0.4) is 0 Å². The minimum Gasteiger partial charge on any atom is -0.353 e. The minimum atomic E-state index is -5.46. The van der Waals surface area contributed by atoms with E-state index in [0.717, 1.165) is 34.1 Å². The topological polar surface area (TPSA) is 84.0 Å². The molecule has 2 aromatic rings. The van der Waals surface area contributed by atoms with Gasteiger partial charge in [0.1, 0.15) is 0 Å². The SMILES string of the molecule is O=S1(=O)CCN(C[C@H](O[C@@H](CN2CCS(=O)(=O)[C@@H](c3cccc(C(F)(F)F)c3)C2)C(F)(F)F)C(F)(F)F)C[C@@H]1c1cccc(C(F)(F)F)c1. The summed E-state index contributed by atoms with van der Waals surface area (Å²) in [7, 11) is -8.37. The number of sulfone groups is 2. The standard InChI is InChI=1S/C28H28F12N2O5S2/c29-25(30,31)19-5-1-3-17(11-19)21-13-41(7-9-48(21,43)44)15-23(27(35,36)37)47-24(28(38,39)40)16-42-8-10-49(45,46)22(14-42)18-4-2-6-20(12-18)26(32,33)34/h1-6,11-12,21-24H,7-10,13-16H2/t21-,22-,23+,24+/m1/s1. The number of ether oxygens (including phenoxy) is 1. The molecule has 2 saturated heterocycles. The van der Waals surface area contributed by atoms with E-state index in [0.29, 0.717) is 24.3 Å². The second-order valence-electron chi connectivity index (χ2n) is 11.7. The Morgan fingerprint density at radius 3 is 1.27 bits per heavy atom. The van der Waals surface area contributed by atoms with Crippen molar-refractivity contribution in [3.05, 3.63) is 70.8 Å². The minimum absolute atomic E-state index is 0.382. The van der Waals surface area contributed by atoms with Gasteiger partial charge in [-0.25, -0.2) is 16.8 Å². The molecule has 0 unspecified atom stereocenters. The van der Waals surface area contributed by atoms with Crippen molar-refractivity contribution in [2.24, 2.45) is 0 Å². The Kier molecular flexibility index (Phi) is 11.1. The molecule has 0 bridgehead atoms. The number of hydrogen-bond donors (Lipinski definition) is 0. The summed E-state index contributed by atoms with van der Waals surface area (Å²) >= 11 is 0. The molecule has 0 amide bonds. The van der Waals surface area contributed by atoms with Crippen LogP contribution in [0.2, 0.25) is 0 Å². The zero-order valence-corrected chi connectivity index (χ0v) is 26.5. The summed E-state index contributed by atoms with van der Waals surface area (Å²) in [5.41, 5.74) is -3.20. The van der Waals surface area contributed by atoms with Crippen LogP contribution >= 0.6 is 0 Å². The van der Waals surface area contributed by atoms with Gasteiger partial charge in [-0.3, -0.25) is 9.80 Å². The van der Waals surface area contributed by atoms with E-state index < -0.39 is 129 Å². The summed E-state index contributed by atoms with van der Waals surface area (Å²) in [5.74, 6) is -1.64. The maximum absolute atomic E-state index is 14.1. The lowest BCUT2D eigenvalue weighted by molar-refractivity contribution is -0.290. The Balaban J connectivity index is 1.54. The molecule has 276 valence electrons. The lowest BCUT2D eigenvalue weighted by Gasteiger charge is -2.38. The normalized spacial score (nSPS) is 24.0. The monoisotopic (exact) mass is 764 g/mol. The molecule has 4 atom stereocenters. The first-order valence-electron chi connectivity index (χ1n) is 14.3. The third-order valence-electron chi connectivity index (χ3n) is 8.18. The van der Waals surface area contributed by atoms with Gasteiger partial charge in [-0.2, -0.15) is 52.7 Å². The van der Waals surface area contributed by atoms with Gasteiger partial charge in [-0.15, -0.1) is 0 Å². The summed E-state index contributed by atoms with van der Waals surface area (Å²) in [6.45, 7) is -5.46. The van der Waals surface area contributed by atoms with Crippen molar-refractivity contribution in [3.63, 3.8) is 0 Å². The maximum atomic E-state index is 14.1. The Labute approximate surface area is 272 Å². The van der Waals surface area contributed by atoms with Crippen molar-refractivity contribution in [3.8, 4) is 0 Å². The van der Waals surface area contributed by atoms with Gasteiger partial charge in [0.15, 0.2) is 31.9 Å². The Bertz CT molecular complexity index is 1570. The predicted molar refractivity (Wildman–Crippen MR) is 150 cm³/mol. The molecule has 2 heterocycles. The van der Waals surface area contributed by atoms with Crippen molar-refractivity contribution >= 4 is 19.7 Å². The van der Waals surface area contributed by atoms with Crippen molar-refractivity contribution < 1.29 is 74.3 Å². The van der Waals surface area contributed by atoms with Crippen LogP contribution in [0.15, 0.2) is 48.5 Å². The van der Waals surface area contributed by atoms with Gasteiger partial charge in [0.05, 0.1) is 33.1 Å². The van der Waals surface area contributed by atoms with Crippen LogP contribution in [0, 0.1) is 0 Å². The maximum Gasteiger partial charge on any atom is 0.416 e. The first-order chi connectivity index (χ1) is 22.3. The van der Waals surface area contributed by atoms with Gasteiger partial charge >= 0.3 is 24.7 Å². The molecule has 0 aromatic heterocycles. The Hall–Kier alpha value is -2.62. The third kappa shape index (κ3) is 9.79. The van der Waals surface area contributed by atoms with Gasteiger partial charge in [-0.05, 0) is 23.3 Å². The molecule has 0 N–H and O–H groups in total. The average Bonchev–Trinajstić information content (AvgIpc) is 2.96. The highest BCUT2D eigenvalue weighted by molar-refractivity contribution is 7.92. The number of benzene rings is 2. The van der Waals surface area contributed by atoms with E-state index in [2.05, 4.69) is 4.74 Å². The Morgan fingerprint density at radius 2 is 0.959 bits per heavy atom. The number of nitrogens with zero attached hydrogens (tertiary/aromatic N) is 2. The number of halogens is 12. The summed E-state index contributed by atoms with van der Waals surface area (Å²) in [6, 6.07) is 6.23. The first kappa shape index (κ1) is 39.2. The molecular formula is C28H28F12N2O5S2.